The Kier molecular flexibility index (Phi) is 2.97. The molecule has 2 N–H and O–H groups in total. The highest BCUT2D eigenvalue weighted by Gasteiger charge is 2.10. The van der Waals surface area contributed by atoms with Crippen molar-refractivity contribution in [3.63, 3.8) is 0 Å². The van der Waals surface area contributed by atoms with Crippen LogP contribution in [0.25, 0.3) is 10.9 Å². The van der Waals surface area contributed by atoms with Crippen LogP contribution in [0.1, 0.15) is 17.2 Å². The summed E-state index contributed by atoms with van der Waals surface area (Å²) in [7, 11) is 0. The predicted molar refractivity (Wildman–Crippen MR) is 74.2 cm³/mol. The molecule has 94 valence electrons. The van der Waals surface area contributed by atoms with Gasteiger partial charge in [0.15, 0.2) is 0 Å². The van der Waals surface area contributed by atoms with E-state index in [9.17, 15) is 4.39 Å². The number of hydrogen-bond acceptors (Lipinski definition) is 2. The Morgan fingerprint density at radius 1 is 0.947 bits per heavy atom. The zero-order chi connectivity index (χ0) is 13.2. The maximum Gasteiger partial charge on any atom is 0.123 e. The first-order valence-corrected chi connectivity index (χ1v) is 6.10. The fourth-order valence-corrected chi connectivity index (χ4v) is 2.12. The van der Waals surface area contributed by atoms with Crippen LogP contribution >= 0.6 is 0 Å². The molecule has 3 rings (SSSR count). The third-order valence-electron chi connectivity index (χ3n) is 3.20. The first-order chi connectivity index (χ1) is 9.24. The Bertz CT molecular complexity index is 707. The molecule has 2 aromatic carbocycles. The van der Waals surface area contributed by atoms with Crippen molar-refractivity contribution >= 4 is 10.9 Å². The Hall–Kier alpha value is -2.26. The van der Waals surface area contributed by atoms with Gasteiger partial charge in [-0.3, -0.25) is 4.98 Å². The number of nitrogens with two attached hydrogens (primary N) is 1. The zero-order valence-corrected chi connectivity index (χ0v) is 10.3. The molecule has 0 aliphatic rings. The van der Waals surface area contributed by atoms with Crippen molar-refractivity contribution < 1.29 is 4.39 Å². The quantitative estimate of drug-likeness (QED) is 0.759. The molecule has 0 bridgehead atoms. The lowest BCUT2D eigenvalue weighted by Gasteiger charge is -2.12. The van der Waals surface area contributed by atoms with Crippen LogP contribution in [0.4, 0.5) is 4.39 Å². The molecule has 0 spiro atoms. The molecule has 3 heteroatoms. The van der Waals surface area contributed by atoms with Crippen LogP contribution in [0.15, 0.2) is 60.8 Å². The molecule has 0 unspecified atom stereocenters. The average Bonchev–Trinajstić information content (AvgIpc) is 2.47. The predicted octanol–water partition coefficient (Wildman–Crippen LogP) is 3.42. The van der Waals surface area contributed by atoms with Crippen LogP contribution in [0.2, 0.25) is 0 Å². The molecule has 19 heavy (non-hydrogen) atoms. The van der Waals surface area contributed by atoms with Crippen molar-refractivity contribution in [1.29, 1.82) is 0 Å². The summed E-state index contributed by atoms with van der Waals surface area (Å²) >= 11 is 0. The molecule has 0 saturated carbocycles. The molecule has 1 aromatic heterocycles. The second-order valence-electron chi connectivity index (χ2n) is 4.49. The van der Waals surface area contributed by atoms with E-state index in [1.54, 1.807) is 18.3 Å². The van der Waals surface area contributed by atoms with E-state index in [1.165, 1.54) is 12.1 Å². The maximum absolute atomic E-state index is 12.9. The molecular weight excluding hydrogens is 239 g/mol. The Labute approximate surface area is 110 Å². The third-order valence-corrected chi connectivity index (χ3v) is 3.20. The molecule has 0 saturated heterocycles. The summed E-state index contributed by atoms with van der Waals surface area (Å²) in [5.74, 6) is -0.257. The number of benzene rings is 2. The molecule has 2 nitrogen and oxygen atoms in total. The minimum atomic E-state index is -0.294. The monoisotopic (exact) mass is 252 g/mol. The van der Waals surface area contributed by atoms with Gasteiger partial charge in [-0.1, -0.05) is 30.3 Å². The van der Waals surface area contributed by atoms with E-state index in [0.29, 0.717) is 0 Å². The van der Waals surface area contributed by atoms with E-state index in [2.05, 4.69) is 4.98 Å². The fourth-order valence-electron chi connectivity index (χ4n) is 2.12. The van der Waals surface area contributed by atoms with Gasteiger partial charge < -0.3 is 5.73 Å². The molecule has 1 atom stereocenters. The molecule has 0 aliphatic heterocycles. The van der Waals surface area contributed by atoms with Gasteiger partial charge in [-0.05, 0) is 35.4 Å². The van der Waals surface area contributed by atoms with Crippen molar-refractivity contribution in [2.75, 3.05) is 0 Å². The van der Waals surface area contributed by atoms with E-state index in [0.717, 1.165) is 22.0 Å². The van der Waals surface area contributed by atoms with Crippen molar-refractivity contribution in [3.05, 3.63) is 77.7 Å². The van der Waals surface area contributed by atoms with Crippen molar-refractivity contribution in [2.45, 2.75) is 6.04 Å². The molecule has 0 radical (unpaired) electrons. The van der Waals surface area contributed by atoms with E-state index < -0.39 is 0 Å². The number of nitrogens with zero attached hydrogens (tertiary/aromatic N) is 1. The smallest absolute Gasteiger partial charge is 0.123 e. The molecule has 0 aliphatic carbocycles. The van der Waals surface area contributed by atoms with Crippen LogP contribution in [-0.4, -0.2) is 4.98 Å². The third kappa shape index (κ3) is 2.33. The Balaban J connectivity index is 2.01. The topological polar surface area (TPSA) is 38.9 Å². The average molecular weight is 252 g/mol. The van der Waals surface area contributed by atoms with Crippen LogP contribution in [0.5, 0.6) is 0 Å². The van der Waals surface area contributed by atoms with Crippen LogP contribution in [-0.2, 0) is 0 Å². The number of rotatable bonds is 2. The Morgan fingerprint density at radius 3 is 2.47 bits per heavy atom. The summed E-state index contributed by atoms with van der Waals surface area (Å²) in [6.07, 6.45) is 1.77. The highest BCUT2D eigenvalue weighted by Crippen LogP contribution is 2.22. The van der Waals surface area contributed by atoms with Crippen molar-refractivity contribution in [3.8, 4) is 0 Å². The second kappa shape index (κ2) is 4.78. The van der Waals surface area contributed by atoms with E-state index in [4.69, 9.17) is 5.73 Å². The minimum absolute atomic E-state index is 0.257. The Morgan fingerprint density at radius 2 is 1.68 bits per heavy atom. The molecule has 1 heterocycles. The normalized spacial score (nSPS) is 12.5. The van der Waals surface area contributed by atoms with Crippen LogP contribution in [0, 0.1) is 5.82 Å². The number of halogens is 1. The fraction of sp³-hybridized carbons (Fsp3) is 0.0625. The summed E-state index contributed by atoms with van der Waals surface area (Å²) in [6, 6.07) is 15.9. The summed E-state index contributed by atoms with van der Waals surface area (Å²) < 4.78 is 12.9. The minimum Gasteiger partial charge on any atom is -0.320 e. The first-order valence-electron chi connectivity index (χ1n) is 6.10. The SMILES string of the molecule is N[C@@H](c1ccc(F)cc1)c1cnc2ccccc2c1. The van der Waals surface area contributed by atoms with Gasteiger partial charge in [0.25, 0.3) is 0 Å². The van der Waals surface area contributed by atoms with Gasteiger partial charge in [-0.15, -0.1) is 0 Å². The second-order valence-corrected chi connectivity index (χ2v) is 4.49. The summed E-state index contributed by atoms with van der Waals surface area (Å²) in [5.41, 5.74) is 8.93. The molecule has 0 fully saturated rings. The van der Waals surface area contributed by atoms with E-state index in [-0.39, 0.29) is 11.9 Å². The first kappa shape index (κ1) is 11.8. The lowest BCUT2D eigenvalue weighted by molar-refractivity contribution is 0.626. The van der Waals surface area contributed by atoms with Crippen molar-refractivity contribution in [1.82, 2.24) is 4.98 Å². The van der Waals surface area contributed by atoms with Gasteiger partial charge in [0.2, 0.25) is 0 Å². The van der Waals surface area contributed by atoms with Crippen molar-refractivity contribution in [2.24, 2.45) is 5.73 Å². The van der Waals surface area contributed by atoms with E-state index in [1.807, 2.05) is 30.3 Å². The zero-order valence-electron chi connectivity index (χ0n) is 10.3. The number of aromatic nitrogens is 1. The van der Waals surface area contributed by atoms with Gasteiger partial charge in [0, 0.05) is 11.6 Å². The lowest BCUT2D eigenvalue weighted by atomic mass is 10.00. The number of pyridine rings is 1. The highest BCUT2D eigenvalue weighted by molar-refractivity contribution is 5.78. The summed E-state index contributed by atoms with van der Waals surface area (Å²) in [6.45, 7) is 0. The summed E-state index contributed by atoms with van der Waals surface area (Å²) in [5, 5.41) is 1.05. The van der Waals surface area contributed by atoms with Crippen LogP contribution in [0.3, 0.4) is 0 Å². The lowest BCUT2D eigenvalue weighted by Crippen LogP contribution is -2.12. The van der Waals surface area contributed by atoms with Gasteiger partial charge in [0.1, 0.15) is 5.82 Å². The molecule has 0 amide bonds. The largest absolute Gasteiger partial charge is 0.320 e. The number of fused-ring (bicyclic) bond motifs is 1. The summed E-state index contributed by atoms with van der Waals surface area (Å²) in [4.78, 5) is 4.39. The molecule has 3 aromatic rings. The van der Waals surface area contributed by atoms with Gasteiger partial charge in [-0.2, -0.15) is 0 Å². The maximum atomic E-state index is 12.9. The van der Waals surface area contributed by atoms with E-state index >= 15 is 0 Å². The molecular formula is C16H13FN2. The van der Waals surface area contributed by atoms with Gasteiger partial charge in [0.05, 0.1) is 11.6 Å². The standard InChI is InChI=1S/C16H13FN2/c17-14-7-5-11(6-8-14)16(18)13-9-12-3-1-2-4-15(12)19-10-13/h1-10,16H,18H2/t16-/m0/s1. The number of para-hydroxylation sites is 1. The van der Waals surface area contributed by atoms with Gasteiger partial charge in [-0.25, -0.2) is 4.39 Å². The number of hydrogen-bond donors (Lipinski definition) is 1. The van der Waals surface area contributed by atoms with Crippen LogP contribution < -0.4 is 5.73 Å². The highest BCUT2D eigenvalue weighted by atomic mass is 19.1. The van der Waals surface area contributed by atoms with Gasteiger partial charge >= 0.3 is 0 Å².